The summed E-state index contributed by atoms with van der Waals surface area (Å²) in [7, 11) is -1.52. The van der Waals surface area contributed by atoms with Crippen LogP contribution in [-0.2, 0) is 4.43 Å². The van der Waals surface area contributed by atoms with Crippen molar-refractivity contribution < 1.29 is 4.43 Å². The van der Waals surface area contributed by atoms with Crippen LogP contribution in [0.1, 0.15) is 74.7 Å². The summed E-state index contributed by atoms with van der Waals surface area (Å²) in [5.74, 6) is 2.70. The van der Waals surface area contributed by atoms with Gasteiger partial charge in [-0.05, 0) is 59.1 Å². The van der Waals surface area contributed by atoms with E-state index in [1.165, 1.54) is 37.9 Å². The van der Waals surface area contributed by atoms with Gasteiger partial charge in [0.2, 0.25) is 0 Å². The lowest BCUT2D eigenvalue weighted by Crippen LogP contribution is -2.47. The Balaban J connectivity index is 1.87. The van der Waals surface area contributed by atoms with Gasteiger partial charge >= 0.3 is 0 Å². The maximum Gasteiger partial charge on any atom is 0.194 e. The van der Waals surface area contributed by atoms with Crippen molar-refractivity contribution in [1.29, 1.82) is 0 Å². The Morgan fingerprint density at radius 2 is 1.80 bits per heavy atom. The Labute approximate surface area is 159 Å². The lowest BCUT2D eigenvalue weighted by molar-refractivity contribution is 0.0426. The first-order valence-corrected chi connectivity index (χ1v) is 13.5. The second kappa shape index (κ2) is 8.02. The molecule has 0 spiro atoms. The van der Waals surface area contributed by atoms with E-state index in [1.54, 1.807) is 0 Å². The van der Waals surface area contributed by atoms with Crippen LogP contribution >= 0.6 is 0 Å². The van der Waals surface area contributed by atoms with E-state index in [0.29, 0.717) is 10.8 Å². The van der Waals surface area contributed by atoms with E-state index in [-0.39, 0.29) is 0 Å². The van der Waals surface area contributed by atoms with E-state index in [0.717, 1.165) is 36.4 Å². The number of rotatable bonds is 10. The zero-order chi connectivity index (χ0) is 18.9. The highest BCUT2D eigenvalue weighted by molar-refractivity contribution is 6.74. The fourth-order valence-corrected chi connectivity index (χ4v) is 10.5. The summed E-state index contributed by atoms with van der Waals surface area (Å²) in [6.45, 7) is 22.5. The maximum atomic E-state index is 6.52. The molecule has 0 amide bonds. The zero-order valence-corrected chi connectivity index (χ0v) is 19.4. The number of nitrogens with one attached hydrogen (secondary N) is 1. The summed E-state index contributed by atoms with van der Waals surface area (Å²) < 4.78 is 6.52. The van der Waals surface area contributed by atoms with Crippen molar-refractivity contribution in [3.63, 3.8) is 0 Å². The van der Waals surface area contributed by atoms with Crippen LogP contribution in [-0.4, -0.2) is 28.0 Å². The molecule has 0 saturated heterocycles. The molecule has 2 saturated carbocycles. The SMILES string of the molecule is CC[Si](CC)(OCCNC[C@]1(C)CCC[C@H]2[C@@H](C)C21C(C)C)C(C)C. The van der Waals surface area contributed by atoms with Gasteiger partial charge in [-0.3, -0.25) is 0 Å². The van der Waals surface area contributed by atoms with Crippen LogP contribution in [0.4, 0.5) is 0 Å². The van der Waals surface area contributed by atoms with Gasteiger partial charge in [0, 0.05) is 19.7 Å². The minimum atomic E-state index is -1.52. The minimum absolute atomic E-state index is 0.464. The summed E-state index contributed by atoms with van der Waals surface area (Å²) >= 11 is 0. The van der Waals surface area contributed by atoms with Gasteiger partial charge in [-0.2, -0.15) is 0 Å². The first kappa shape index (κ1) is 21.4. The highest BCUT2D eigenvalue weighted by Gasteiger charge is 2.71. The lowest BCUT2D eigenvalue weighted by atomic mass is 9.61. The monoisotopic (exact) mass is 367 g/mol. The molecular formula is C22H45NOSi. The van der Waals surface area contributed by atoms with Crippen LogP contribution < -0.4 is 5.32 Å². The predicted octanol–water partition coefficient (Wildman–Crippen LogP) is 6.09. The van der Waals surface area contributed by atoms with E-state index in [2.05, 4.69) is 60.7 Å². The van der Waals surface area contributed by atoms with Gasteiger partial charge < -0.3 is 9.74 Å². The van der Waals surface area contributed by atoms with E-state index < -0.39 is 8.32 Å². The fraction of sp³-hybridized carbons (Fsp3) is 1.00. The molecular weight excluding hydrogens is 322 g/mol. The quantitative estimate of drug-likeness (QED) is 0.373. The molecule has 0 heterocycles. The first-order chi connectivity index (χ1) is 11.7. The fourth-order valence-electron chi connectivity index (χ4n) is 7.11. The zero-order valence-electron chi connectivity index (χ0n) is 18.4. The molecule has 2 rings (SSSR count). The summed E-state index contributed by atoms with van der Waals surface area (Å²) in [5, 5.41) is 3.81. The second-order valence-electron chi connectivity index (χ2n) is 9.89. The largest absolute Gasteiger partial charge is 0.415 e. The van der Waals surface area contributed by atoms with Crippen LogP contribution in [0.25, 0.3) is 0 Å². The molecule has 2 fully saturated rings. The molecule has 148 valence electrons. The molecule has 25 heavy (non-hydrogen) atoms. The smallest absolute Gasteiger partial charge is 0.194 e. The Hall–Kier alpha value is 0.137. The van der Waals surface area contributed by atoms with Crippen molar-refractivity contribution in [3.05, 3.63) is 0 Å². The van der Waals surface area contributed by atoms with Crippen LogP contribution in [0.15, 0.2) is 0 Å². The molecule has 0 aliphatic heterocycles. The normalized spacial score (nSPS) is 35.3. The lowest BCUT2D eigenvalue weighted by Gasteiger charge is -2.46. The summed E-state index contributed by atoms with van der Waals surface area (Å²) in [5.41, 5.74) is 1.77. The molecule has 0 aromatic rings. The van der Waals surface area contributed by atoms with E-state index >= 15 is 0 Å². The van der Waals surface area contributed by atoms with Gasteiger partial charge in [0.15, 0.2) is 8.32 Å². The third-order valence-electron chi connectivity index (χ3n) is 8.54. The van der Waals surface area contributed by atoms with Crippen molar-refractivity contribution >= 4 is 8.32 Å². The maximum absolute atomic E-state index is 6.52. The second-order valence-corrected chi connectivity index (χ2v) is 14.9. The van der Waals surface area contributed by atoms with Crippen molar-refractivity contribution in [1.82, 2.24) is 5.32 Å². The van der Waals surface area contributed by atoms with Crippen molar-refractivity contribution in [2.24, 2.45) is 28.6 Å². The molecule has 2 aliphatic carbocycles. The minimum Gasteiger partial charge on any atom is -0.415 e. The highest BCUT2D eigenvalue weighted by atomic mass is 28.4. The topological polar surface area (TPSA) is 21.3 Å². The number of fused-ring (bicyclic) bond motifs is 1. The Morgan fingerprint density at radius 1 is 1.16 bits per heavy atom. The summed E-state index contributed by atoms with van der Waals surface area (Å²) in [6.07, 6.45) is 4.29. The molecule has 2 nitrogen and oxygen atoms in total. The Kier molecular flexibility index (Phi) is 6.88. The van der Waals surface area contributed by atoms with Crippen LogP contribution in [0, 0.1) is 28.6 Å². The standard InChI is InChI=1S/C22H45NOSi/c1-9-25(10-2,18(5)6)24-15-14-23-16-21(8)13-11-12-20-19(7)22(20,21)17(3)4/h17-20,23H,9-16H2,1-8H3/t19-,20+,21+,22?/m1/s1. The highest BCUT2D eigenvalue weighted by Crippen LogP contribution is 2.76. The van der Waals surface area contributed by atoms with Crippen LogP contribution in [0.3, 0.4) is 0 Å². The van der Waals surface area contributed by atoms with Gasteiger partial charge in [0.25, 0.3) is 0 Å². The van der Waals surface area contributed by atoms with E-state index in [4.69, 9.17) is 4.43 Å². The third-order valence-corrected chi connectivity index (χ3v) is 13.8. The molecule has 1 unspecified atom stereocenters. The van der Waals surface area contributed by atoms with Gasteiger partial charge in [0.05, 0.1) is 0 Å². The predicted molar refractivity (Wildman–Crippen MR) is 113 cm³/mol. The van der Waals surface area contributed by atoms with Gasteiger partial charge in [-0.1, -0.05) is 61.8 Å². The van der Waals surface area contributed by atoms with Crippen LogP contribution in [0.5, 0.6) is 0 Å². The third kappa shape index (κ3) is 3.50. The van der Waals surface area contributed by atoms with Crippen molar-refractivity contribution in [2.75, 3.05) is 19.7 Å². The molecule has 0 aromatic heterocycles. The first-order valence-electron chi connectivity index (χ1n) is 11.1. The molecule has 4 atom stereocenters. The molecule has 1 N–H and O–H groups in total. The Morgan fingerprint density at radius 3 is 2.32 bits per heavy atom. The van der Waals surface area contributed by atoms with Crippen molar-refractivity contribution in [2.45, 2.75) is 92.3 Å². The summed E-state index contributed by atoms with van der Waals surface area (Å²) in [4.78, 5) is 0. The molecule has 2 aliphatic rings. The number of hydrogen-bond acceptors (Lipinski definition) is 2. The average molecular weight is 368 g/mol. The Bertz CT molecular complexity index is 434. The molecule has 0 radical (unpaired) electrons. The molecule has 3 heteroatoms. The van der Waals surface area contributed by atoms with Gasteiger partial charge in [-0.25, -0.2) is 0 Å². The summed E-state index contributed by atoms with van der Waals surface area (Å²) in [6, 6.07) is 2.49. The van der Waals surface area contributed by atoms with Crippen LogP contribution in [0.2, 0.25) is 17.6 Å². The number of hydrogen-bond donors (Lipinski definition) is 1. The van der Waals surface area contributed by atoms with Crippen molar-refractivity contribution in [3.8, 4) is 0 Å². The van der Waals surface area contributed by atoms with Gasteiger partial charge in [-0.15, -0.1) is 0 Å². The molecule has 0 aromatic carbocycles. The average Bonchev–Trinajstić information content (AvgIpc) is 3.19. The van der Waals surface area contributed by atoms with Gasteiger partial charge in [0.1, 0.15) is 0 Å². The molecule has 0 bridgehead atoms. The van der Waals surface area contributed by atoms with E-state index in [1.807, 2.05) is 0 Å². The van der Waals surface area contributed by atoms with E-state index in [9.17, 15) is 0 Å².